The zero-order chi connectivity index (χ0) is 16.7. The lowest BCUT2D eigenvalue weighted by Crippen LogP contribution is -2.19. The molecule has 5 nitrogen and oxygen atoms in total. The normalized spacial score (nSPS) is 19.1. The van der Waals surface area contributed by atoms with E-state index in [4.69, 9.17) is 4.74 Å². The van der Waals surface area contributed by atoms with Crippen LogP contribution in [0.2, 0.25) is 0 Å². The number of rotatable bonds is 3. The smallest absolute Gasteiger partial charge is 0.325 e. The molecular formula is C17H18N2O3P+. The summed E-state index contributed by atoms with van der Waals surface area (Å²) in [5.74, 6) is 1.13. The van der Waals surface area contributed by atoms with E-state index in [-0.39, 0.29) is 0 Å². The van der Waals surface area contributed by atoms with E-state index < -0.39 is 13.7 Å². The third-order valence-corrected chi connectivity index (χ3v) is 4.91. The monoisotopic (exact) mass is 329 g/mol. The molecule has 0 radical (unpaired) electrons. The highest BCUT2D eigenvalue weighted by Gasteiger charge is 2.44. The number of hydrogen-bond donors (Lipinski definition) is 0. The number of anilines is 1. The number of nitrogens with zero attached hydrogens (tertiary/aromatic N) is 2. The largest absolute Gasteiger partial charge is 0.595 e. The van der Waals surface area contributed by atoms with Gasteiger partial charge in [0.1, 0.15) is 12.2 Å². The van der Waals surface area contributed by atoms with Crippen LogP contribution in [0.4, 0.5) is 5.69 Å². The maximum absolute atomic E-state index is 11.9. The predicted octanol–water partition coefficient (Wildman–Crippen LogP) is 2.36. The molecule has 1 aliphatic carbocycles. The van der Waals surface area contributed by atoms with Crippen LogP contribution < -0.4 is 14.5 Å². The van der Waals surface area contributed by atoms with Gasteiger partial charge >= 0.3 is 8.03 Å². The Labute approximate surface area is 137 Å². The summed E-state index contributed by atoms with van der Waals surface area (Å²) in [6.07, 6.45) is 6.72. The fraction of sp³-hybridized carbons (Fsp3) is 0.294. The van der Waals surface area contributed by atoms with Crippen molar-refractivity contribution in [2.24, 2.45) is 0 Å². The van der Waals surface area contributed by atoms with Crippen LogP contribution in [0, 0.1) is 6.08 Å². The molecule has 23 heavy (non-hydrogen) atoms. The molecule has 0 amide bonds. The van der Waals surface area contributed by atoms with Crippen LogP contribution in [0.5, 0.6) is 5.75 Å². The SMILES string of the molecule is CN(C)C1=CC2=C([C+]=C1)C([P+](=O)[O-])c1ccc(N(C)C)cc1O2. The van der Waals surface area contributed by atoms with E-state index in [0.717, 1.165) is 11.4 Å². The zero-order valence-electron chi connectivity index (χ0n) is 13.5. The number of benzene rings is 1. The molecule has 1 aromatic carbocycles. The highest BCUT2D eigenvalue weighted by molar-refractivity contribution is 7.37. The minimum atomic E-state index is -2.68. The Kier molecular flexibility index (Phi) is 3.95. The van der Waals surface area contributed by atoms with Gasteiger partial charge in [-0.1, -0.05) is 4.57 Å². The van der Waals surface area contributed by atoms with E-state index in [1.54, 1.807) is 6.08 Å². The molecule has 0 fully saturated rings. The van der Waals surface area contributed by atoms with Gasteiger partial charge in [0.05, 0.1) is 11.6 Å². The molecule has 3 rings (SSSR count). The summed E-state index contributed by atoms with van der Waals surface area (Å²) >= 11 is 0. The van der Waals surface area contributed by atoms with Crippen molar-refractivity contribution in [3.8, 4) is 5.75 Å². The zero-order valence-corrected chi connectivity index (χ0v) is 14.4. The third kappa shape index (κ3) is 2.75. The highest BCUT2D eigenvalue weighted by atomic mass is 31.1. The van der Waals surface area contributed by atoms with Gasteiger partial charge in [0.25, 0.3) is 5.76 Å². The van der Waals surface area contributed by atoms with E-state index in [9.17, 15) is 9.46 Å². The van der Waals surface area contributed by atoms with Crippen LogP contribution in [-0.2, 0) is 4.57 Å². The quantitative estimate of drug-likeness (QED) is 0.629. The molecule has 0 saturated heterocycles. The second-order valence-electron chi connectivity index (χ2n) is 5.94. The average Bonchev–Trinajstić information content (AvgIpc) is 2.50. The summed E-state index contributed by atoms with van der Waals surface area (Å²) in [6.45, 7) is 0. The Bertz CT molecular complexity index is 763. The Morgan fingerprint density at radius 1 is 1.22 bits per heavy atom. The van der Waals surface area contributed by atoms with Crippen LogP contribution >= 0.6 is 8.03 Å². The van der Waals surface area contributed by atoms with Gasteiger partial charge in [-0.25, -0.2) is 0 Å². The maximum Gasteiger partial charge on any atom is 0.325 e. The van der Waals surface area contributed by atoms with Gasteiger partial charge in [-0.3, -0.25) is 0 Å². The Hall–Kier alpha value is -2.19. The van der Waals surface area contributed by atoms with Crippen molar-refractivity contribution in [2.45, 2.75) is 5.66 Å². The first-order chi connectivity index (χ1) is 10.9. The molecule has 118 valence electrons. The van der Waals surface area contributed by atoms with E-state index in [2.05, 4.69) is 6.08 Å². The second-order valence-corrected chi connectivity index (χ2v) is 7.02. The molecule has 0 N–H and O–H groups in total. The molecule has 0 saturated carbocycles. The van der Waals surface area contributed by atoms with Crippen LogP contribution in [0.3, 0.4) is 0 Å². The maximum atomic E-state index is 11.9. The fourth-order valence-corrected chi connectivity index (χ4v) is 3.49. The number of hydrogen-bond acceptors (Lipinski definition) is 5. The molecule has 1 aliphatic heterocycles. The fourth-order valence-electron chi connectivity index (χ4n) is 2.64. The van der Waals surface area contributed by atoms with E-state index >= 15 is 0 Å². The Morgan fingerprint density at radius 2 is 1.96 bits per heavy atom. The van der Waals surface area contributed by atoms with Crippen molar-refractivity contribution >= 4 is 13.7 Å². The van der Waals surface area contributed by atoms with Crippen molar-refractivity contribution in [1.82, 2.24) is 4.90 Å². The molecule has 2 unspecified atom stereocenters. The van der Waals surface area contributed by atoms with Crippen molar-refractivity contribution in [2.75, 3.05) is 33.1 Å². The van der Waals surface area contributed by atoms with Crippen molar-refractivity contribution in [3.05, 3.63) is 59.0 Å². The molecule has 1 aromatic rings. The Morgan fingerprint density at radius 3 is 2.57 bits per heavy atom. The first-order valence-electron chi connectivity index (χ1n) is 7.24. The molecule has 2 aliphatic rings. The standard InChI is InChI=1S/C17H18N2O3P/c1-18(2)11-5-7-13-15(9-11)22-16-10-12(19(3)4)6-8-14(16)17(13)23(20)21/h5-7,9-10,17H,1-4H3/q+1. The lowest BCUT2D eigenvalue weighted by atomic mass is 9.96. The first kappa shape index (κ1) is 15.7. The van der Waals surface area contributed by atoms with Gasteiger partial charge in [0, 0.05) is 39.9 Å². The number of ether oxygens (including phenoxy) is 1. The van der Waals surface area contributed by atoms with Crippen LogP contribution in [0.15, 0.2) is 47.4 Å². The lowest BCUT2D eigenvalue weighted by Gasteiger charge is -2.22. The Balaban J connectivity index is 2.12. The minimum absolute atomic E-state index is 0.545. The first-order valence-corrected chi connectivity index (χ1v) is 8.48. The topological polar surface area (TPSA) is 55.8 Å². The van der Waals surface area contributed by atoms with Gasteiger partial charge < -0.3 is 19.4 Å². The van der Waals surface area contributed by atoms with Gasteiger partial charge in [-0.15, -0.1) is 0 Å². The van der Waals surface area contributed by atoms with E-state index in [0.29, 0.717) is 22.6 Å². The van der Waals surface area contributed by atoms with Gasteiger partial charge in [0.2, 0.25) is 11.2 Å². The lowest BCUT2D eigenvalue weighted by molar-refractivity contribution is -0.166. The van der Waals surface area contributed by atoms with Crippen LogP contribution in [-0.4, -0.2) is 33.1 Å². The molecular weight excluding hydrogens is 311 g/mol. The average molecular weight is 329 g/mol. The summed E-state index contributed by atoms with van der Waals surface area (Å²) in [5, 5.41) is 0. The second kappa shape index (κ2) is 5.78. The minimum Gasteiger partial charge on any atom is -0.595 e. The molecule has 0 spiro atoms. The van der Waals surface area contributed by atoms with E-state index in [1.165, 1.54) is 0 Å². The van der Waals surface area contributed by atoms with Crippen LogP contribution in [0.1, 0.15) is 11.2 Å². The van der Waals surface area contributed by atoms with Crippen LogP contribution in [0.25, 0.3) is 0 Å². The number of likely N-dealkylation sites (N-methyl/N-ethyl adjacent to an activating group) is 1. The summed E-state index contributed by atoms with van der Waals surface area (Å²) in [5.41, 5.74) is 2.37. The summed E-state index contributed by atoms with van der Waals surface area (Å²) in [6, 6.07) is 5.58. The third-order valence-electron chi connectivity index (χ3n) is 3.95. The number of fused-ring (bicyclic) bond motifs is 1. The van der Waals surface area contributed by atoms with Gasteiger partial charge in [-0.2, -0.15) is 0 Å². The molecule has 0 aromatic heterocycles. The highest BCUT2D eigenvalue weighted by Crippen LogP contribution is 2.51. The molecule has 6 heteroatoms. The van der Waals surface area contributed by atoms with Gasteiger partial charge in [0.15, 0.2) is 11.4 Å². The molecule has 2 atom stereocenters. The van der Waals surface area contributed by atoms with E-state index in [1.807, 2.05) is 62.3 Å². The molecule has 0 bridgehead atoms. The molecule has 1 heterocycles. The summed E-state index contributed by atoms with van der Waals surface area (Å²) in [7, 11) is 5.02. The number of allylic oxidation sites excluding steroid dienone is 4. The predicted molar refractivity (Wildman–Crippen MR) is 88.4 cm³/mol. The summed E-state index contributed by atoms with van der Waals surface area (Å²) < 4.78 is 17.8. The van der Waals surface area contributed by atoms with Crippen molar-refractivity contribution in [3.63, 3.8) is 0 Å². The van der Waals surface area contributed by atoms with Crippen molar-refractivity contribution < 1.29 is 14.2 Å². The summed E-state index contributed by atoms with van der Waals surface area (Å²) in [4.78, 5) is 15.7. The van der Waals surface area contributed by atoms with Crippen molar-refractivity contribution in [1.29, 1.82) is 0 Å². The van der Waals surface area contributed by atoms with Gasteiger partial charge in [-0.05, 0) is 12.1 Å².